The molecule has 1 saturated heterocycles. The quantitative estimate of drug-likeness (QED) is 0.577. The number of carbonyl (C=O) groups excluding carboxylic acids is 1. The molecular weight excluding hydrogens is 507 g/mol. The van der Waals surface area contributed by atoms with Crippen molar-refractivity contribution in [3.63, 3.8) is 0 Å². The smallest absolute Gasteiger partial charge is 0.422 e. The number of hydrogen-bond donors (Lipinski definition) is 2. The molecule has 3 N–H and O–H groups in total. The minimum atomic E-state index is -4.51. The van der Waals surface area contributed by atoms with Gasteiger partial charge in [-0.2, -0.15) is 13.2 Å². The topological polar surface area (TPSA) is 98.8 Å². The van der Waals surface area contributed by atoms with E-state index in [4.69, 9.17) is 10.5 Å². The van der Waals surface area contributed by atoms with Crippen molar-refractivity contribution in [3.8, 4) is 5.75 Å². The van der Waals surface area contributed by atoms with Crippen LogP contribution in [0, 0.1) is 5.82 Å². The lowest BCUT2D eigenvalue weighted by Crippen LogP contribution is -2.52. The Morgan fingerprint density at radius 3 is 2.71 bits per heavy atom. The summed E-state index contributed by atoms with van der Waals surface area (Å²) in [4.78, 5) is 20.5. The number of benzene rings is 1. The maximum absolute atomic E-state index is 15.6. The van der Waals surface area contributed by atoms with Gasteiger partial charge in [0, 0.05) is 17.0 Å². The summed E-state index contributed by atoms with van der Waals surface area (Å²) in [6.07, 6.45) is -3.54. The first-order chi connectivity index (χ1) is 15.5. The van der Waals surface area contributed by atoms with Crippen LogP contribution in [0.4, 0.5) is 27.6 Å². The number of alkyl halides is 4. The average Bonchev–Trinajstić information content (AvgIpc) is 3.10. The van der Waals surface area contributed by atoms with Crippen LogP contribution >= 0.6 is 24.2 Å². The van der Waals surface area contributed by atoms with Crippen LogP contribution in [0.5, 0.6) is 5.75 Å². The number of carbonyl (C=O) groups is 1. The SMILES string of the molecule is Cl.NC1=NC2(c3cc(NC(=O)c4ccc(OCC(F)(F)F)cn4)ccc3F)COCC2(F)CS1. The second-order valence-electron chi connectivity index (χ2n) is 7.49. The molecule has 1 fully saturated rings. The third kappa shape index (κ3) is 5.05. The largest absolute Gasteiger partial charge is 0.483 e. The molecule has 2 aliphatic rings. The molecule has 0 radical (unpaired) electrons. The van der Waals surface area contributed by atoms with Crippen molar-refractivity contribution in [2.45, 2.75) is 17.4 Å². The van der Waals surface area contributed by atoms with Gasteiger partial charge in [-0.05, 0) is 30.3 Å². The fourth-order valence-electron chi connectivity index (χ4n) is 3.57. The molecule has 0 saturated carbocycles. The summed E-state index contributed by atoms with van der Waals surface area (Å²) in [5.74, 6) is -1.69. The fraction of sp³-hybridized carbons (Fsp3) is 0.350. The zero-order valence-corrected chi connectivity index (χ0v) is 18.8. The molecule has 184 valence electrons. The third-order valence-corrected chi connectivity index (χ3v) is 6.16. The van der Waals surface area contributed by atoms with Gasteiger partial charge in [0.15, 0.2) is 23.0 Å². The molecule has 3 heterocycles. The number of rotatable bonds is 5. The lowest BCUT2D eigenvalue weighted by atomic mass is 9.79. The zero-order valence-electron chi connectivity index (χ0n) is 17.2. The van der Waals surface area contributed by atoms with Crippen molar-refractivity contribution in [2.24, 2.45) is 10.7 Å². The average molecular weight is 525 g/mol. The summed E-state index contributed by atoms with van der Waals surface area (Å²) >= 11 is 1.01. The molecule has 7 nitrogen and oxygen atoms in total. The van der Waals surface area contributed by atoms with Crippen LogP contribution in [0.2, 0.25) is 0 Å². The highest BCUT2D eigenvalue weighted by Crippen LogP contribution is 2.50. The van der Waals surface area contributed by atoms with Crippen LogP contribution < -0.4 is 15.8 Å². The van der Waals surface area contributed by atoms with Gasteiger partial charge in [-0.15, -0.1) is 12.4 Å². The Balaban J connectivity index is 0.00000324. The first kappa shape index (κ1) is 26.0. The van der Waals surface area contributed by atoms with Gasteiger partial charge < -0.3 is 20.5 Å². The number of hydrogen-bond acceptors (Lipinski definition) is 7. The molecule has 1 aromatic carbocycles. The number of aromatic nitrogens is 1. The Hall–Kier alpha value is -2.64. The number of amidine groups is 1. The summed E-state index contributed by atoms with van der Waals surface area (Å²) < 4.78 is 77.0. The molecule has 1 aromatic heterocycles. The van der Waals surface area contributed by atoms with Crippen molar-refractivity contribution in [1.82, 2.24) is 4.98 Å². The number of nitrogens with zero attached hydrogens (tertiary/aromatic N) is 2. The van der Waals surface area contributed by atoms with E-state index >= 15 is 4.39 Å². The van der Waals surface area contributed by atoms with Crippen LogP contribution in [0.15, 0.2) is 41.5 Å². The fourth-order valence-corrected chi connectivity index (χ4v) is 4.49. The molecule has 2 atom stereocenters. The molecule has 2 aliphatic heterocycles. The van der Waals surface area contributed by atoms with Crippen LogP contribution in [-0.2, 0) is 10.3 Å². The van der Waals surface area contributed by atoms with E-state index in [2.05, 4.69) is 20.0 Å². The molecule has 0 bridgehead atoms. The number of amides is 1. The summed E-state index contributed by atoms with van der Waals surface area (Å²) in [5.41, 5.74) is 2.00. The maximum atomic E-state index is 15.6. The number of nitrogens with one attached hydrogen (secondary N) is 1. The molecular formula is C20H18ClF5N4O3S. The van der Waals surface area contributed by atoms with Crippen LogP contribution in [0.1, 0.15) is 16.1 Å². The van der Waals surface area contributed by atoms with E-state index in [1.165, 1.54) is 18.2 Å². The number of halogens is 6. The summed E-state index contributed by atoms with van der Waals surface area (Å²) in [7, 11) is 0. The van der Waals surface area contributed by atoms with E-state index in [0.29, 0.717) is 0 Å². The van der Waals surface area contributed by atoms with E-state index in [-0.39, 0.29) is 59.2 Å². The lowest BCUT2D eigenvalue weighted by Gasteiger charge is -2.38. The molecule has 14 heteroatoms. The Labute approximate surface area is 200 Å². The minimum absolute atomic E-state index is 0. The predicted molar refractivity (Wildman–Crippen MR) is 118 cm³/mol. The monoisotopic (exact) mass is 524 g/mol. The molecule has 0 aliphatic carbocycles. The van der Waals surface area contributed by atoms with Crippen molar-refractivity contribution in [2.75, 3.05) is 30.9 Å². The number of aliphatic imine (C=N–C) groups is 1. The standard InChI is InChI=1S/C20H17F5N4O3S.ClH/c21-14-3-1-11(5-13(14)19-8-31-7-18(19,22)10-33-17(26)29-19)28-16(30)15-4-2-12(6-27-15)32-9-20(23,24)25;/h1-6H,7-10H2,(H2,26,29)(H,28,30);1H. The predicted octanol–water partition coefficient (Wildman–Crippen LogP) is 3.83. The van der Waals surface area contributed by atoms with E-state index in [1.54, 1.807) is 0 Å². The first-order valence-electron chi connectivity index (χ1n) is 9.53. The van der Waals surface area contributed by atoms with Crippen LogP contribution in [0.25, 0.3) is 0 Å². The van der Waals surface area contributed by atoms with E-state index < -0.39 is 35.7 Å². The zero-order chi connectivity index (χ0) is 23.9. The van der Waals surface area contributed by atoms with Crippen molar-refractivity contribution >= 4 is 40.9 Å². The van der Waals surface area contributed by atoms with E-state index in [0.717, 1.165) is 30.1 Å². The molecule has 2 unspecified atom stereocenters. The number of ether oxygens (including phenoxy) is 2. The molecule has 34 heavy (non-hydrogen) atoms. The Kier molecular flexibility index (Phi) is 7.29. The van der Waals surface area contributed by atoms with Gasteiger partial charge in [0.25, 0.3) is 5.91 Å². The Morgan fingerprint density at radius 1 is 1.26 bits per heavy atom. The van der Waals surface area contributed by atoms with Gasteiger partial charge in [0.1, 0.15) is 17.3 Å². The third-order valence-electron chi connectivity index (χ3n) is 5.17. The summed E-state index contributed by atoms with van der Waals surface area (Å²) in [5, 5.41) is 2.60. The van der Waals surface area contributed by atoms with Crippen molar-refractivity contribution < 1.29 is 36.2 Å². The highest BCUT2D eigenvalue weighted by Gasteiger charge is 2.61. The van der Waals surface area contributed by atoms with Crippen molar-refractivity contribution in [3.05, 3.63) is 53.6 Å². The second-order valence-corrected chi connectivity index (χ2v) is 8.48. The normalized spacial score (nSPS) is 24.0. The maximum Gasteiger partial charge on any atom is 0.422 e. The number of thioether (sulfide) groups is 1. The number of nitrogens with two attached hydrogens (primary N) is 1. The molecule has 2 aromatic rings. The highest BCUT2D eigenvalue weighted by molar-refractivity contribution is 8.13. The minimum Gasteiger partial charge on any atom is -0.483 e. The van der Waals surface area contributed by atoms with Gasteiger partial charge in [-0.3, -0.25) is 4.79 Å². The number of fused-ring (bicyclic) bond motifs is 1. The summed E-state index contributed by atoms with van der Waals surface area (Å²) in [6, 6.07) is 5.92. The van der Waals surface area contributed by atoms with Crippen molar-refractivity contribution in [1.29, 1.82) is 0 Å². The van der Waals surface area contributed by atoms with E-state index in [1.807, 2.05) is 0 Å². The van der Waals surface area contributed by atoms with Crippen LogP contribution in [0.3, 0.4) is 0 Å². The van der Waals surface area contributed by atoms with Gasteiger partial charge in [-0.1, -0.05) is 11.8 Å². The lowest BCUT2D eigenvalue weighted by molar-refractivity contribution is -0.153. The number of pyridine rings is 1. The molecule has 4 rings (SSSR count). The van der Waals surface area contributed by atoms with Gasteiger partial charge in [0.2, 0.25) is 0 Å². The number of anilines is 1. The van der Waals surface area contributed by atoms with Gasteiger partial charge in [0.05, 0.1) is 19.4 Å². The summed E-state index contributed by atoms with van der Waals surface area (Å²) in [6.45, 7) is -1.99. The van der Waals surface area contributed by atoms with Crippen LogP contribution in [-0.4, -0.2) is 53.5 Å². The second kappa shape index (κ2) is 9.55. The van der Waals surface area contributed by atoms with E-state index in [9.17, 15) is 22.4 Å². The molecule has 1 amide bonds. The molecule has 0 spiro atoms. The van der Waals surface area contributed by atoms with Gasteiger partial charge >= 0.3 is 6.18 Å². The highest BCUT2D eigenvalue weighted by atomic mass is 35.5. The Bertz CT molecular complexity index is 1100. The first-order valence-corrected chi connectivity index (χ1v) is 10.5. The Morgan fingerprint density at radius 2 is 2.03 bits per heavy atom. The van der Waals surface area contributed by atoms with Gasteiger partial charge in [-0.25, -0.2) is 18.8 Å².